The molecule has 0 spiro atoms. The zero-order chi connectivity index (χ0) is 17.2. The van der Waals surface area contributed by atoms with Crippen LogP contribution in [0, 0.1) is 12.8 Å². The molecule has 1 aromatic heterocycles. The molecule has 3 N–H and O–H groups in total. The minimum absolute atomic E-state index is 0.0772. The van der Waals surface area contributed by atoms with Gasteiger partial charge in [0.25, 0.3) is 0 Å². The second-order valence-electron chi connectivity index (χ2n) is 6.28. The number of oxazole rings is 1. The van der Waals surface area contributed by atoms with E-state index >= 15 is 0 Å². The van der Waals surface area contributed by atoms with Crippen molar-refractivity contribution in [3.63, 3.8) is 0 Å². The Hall–Kier alpha value is -1.70. The number of nitrogens with two attached hydrogens (primary N) is 1. The molecule has 130 valence electrons. The maximum atomic E-state index is 12.6. The molecule has 0 saturated heterocycles. The van der Waals surface area contributed by atoms with E-state index in [1.54, 1.807) is 37.5 Å². The van der Waals surface area contributed by atoms with Crippen molar-refractivity contribution in [2.24, 2.45) is 11.7 Å². The van der Waals surface area contributed by atoms with Crippen molar-refractivity contribution in [3.05, 3.63) is 36.4 Å². The third kappa shape index (κ3) is 3.68. The molecule has 1 saturated carbocycles. The number of hydrogen-bond acceptors (Lipinski definition) is 5. The van der Waals surface area contributed by atoms with E-state index in [4.69, 9.17) is 10.2 Å². The van der Waals surface area contributed by atoms with E-state index in [0.717, 1.165) is 31.2 Å². The second-order valence-corrected chi connectivity index (χ2v) is 8.00. The Labute approximate surface area is 142 Å². The van der Waals surface area contributed by atoms with Gasteiger partial charge >= 0.3 is 0 Å². The molecule has 1 heterocycles. The van der Waals surface area contributed by atoms with Crippen LogP contribution in [0.15, 0.2) is 39.8 Å². The average molecular weight is 349 g/mol. The molecule has 3 rings (SSSR count). The summed E-state index contributed by atoms with van der Waals surface area (Å²) in [5.74, 6) is 0.791. The highest BCUT2D eigenvalue weighted by Crippen LogP contribution is 2.26. The van der Waals surface area contributed by atoms with Gasteiger partial charge in [-0.25, -0.2) is 18.1 Å². The number of hydrogen-bond donors (Lipinski definition) is 2. The lowest BCUT2D eigenvalue weighted by Crippen LogP contribution is -2.44. The van der Waals surface area contributed by atoms with Crippen LogP contribution < -0.4 is 10.5 Å². The number of aryl methyl sites for hydroxylation is 1. The van der Waals surface area contributed by atoms with Crippen molar-refractivity contribution in [2.45, 2.75) is 43.5 Å². The van der Waals surface area contributed by atoms with E-state index in [1.165, 1.54) is 0 Å². The summed E-state index contributed by atoms with van der Waals surface area (Å²) in [7, 11) is -3.55. The van der Waals surface area contributed by atoms with Gasteiger partial charge in [0.1, 0.15) is 12.0 Å². The lowest BCUT2D eigenvalue weighted by atomic mass is 9.85. The fraction of sp³-hybridized carbons (Fsp3) is 0.471. The van der Waals surface area contributed by atoms with Crippen LogP contribution in [-0.2, 0) is 10.0 Å². The largest absolute Gasteiger partial charge is 0.449 e. The molecule has 0 amide bonds. The summed E-state index contributed by atoms with van der Waals surface area (Å²) < 4.78 is 33.3. The number of aromatic nitrogens is 1. The molecule has 0 radical (unpaired) electrons. The third-order valence-corrected chi connectivity index (χ3v) is 6.10. The van der Waals surface area contributed by atoms with Crippen molar-refractivity contribution < 1.29 is 12.8 Å². The van der Waals surface area contributed by atoms with Crippen LogP contribution in [0.3, 0.4) is 0 Å². The van der Waals surface area contributed by atoms with Crippen molar-refractivity contribution in [1.29, 1.82) is 0 Å². The molecule has 24 heavy (non-hydrogen) atoms. The quantitative estimate of drug-likeness (QED) is 0.864. The first-order chi connectivity index (χ1) is 11.5. The summed E-state index contributed by atoms with van der Waals surface area (Å²) in [6.45, 7) is 2.28. The third-order valence-electron chi connectivity index (χ3n) is 4.60. The SMILES string of the molecule is Cc1nc(-c2ccc(S(=O)(=O)NC3CCCCC3CN)cc2)co1. The first-order valence-corrected chi connectivity index (χ1v) is 9.73. The molecule has 0 aliphatic heterocycles. The molecular weight excluding hydrogens is 326 g/mol. The number of nitrogens with one attached hydrogen (secondary N) is 1. The zero-order valence-corrected chi connectivity index (χ0v) is 14.6. The van der Waals surface area contributed by atoms with Crippen LogP contribution in [0.1, 0.15) is 31.6 Å². The van der Waals surface area contributed by atoms with Crippen LogP contribution >= 0.6 is 0 Å². The van der Waals surface area contributed by atoms with Gasteiger partial charge in [-0.1, -0.05) is 25.0 Å². The summed E-state index contributed by atoms with van der Waals surface area (Å²) in [4.78, 5) is 4.50. The van der Waals surface area contributed by atoms with Gasteiger partial charge < -0.3 is 10.2 Å². The van der Waals surface area contributed by atoms with Gasteiger partial charge in [0.05, 0.1) is 4.90 Å². The second kappa shape index (κ2) is 7.04. The molecule has 2 unspecified atom stereocenters. The number of rotatable bonds is 5. The normalized spacial score (nSPS) is 21.8. The van der Waals surface area contributed by atoms with Crippen LogP contribution in [0.25, 0.3) is 11.3 Å². The molecule has 1 aliphatic carbocycles. The fourth-order valence-corrected chi connectivity index (χ4v) is 4.55. The van der Waals surface area contributed by atoms with Crippen molar-refractivity contribution in [2.75, 3.05) is 6.54 Å². The monoisotopic (exact) mass is 349 g/mol. The number of nitrogens with zero attached hydrogens (tertiary/aromatic N) is 1. The highest BCUT2D eigenvalue weighted by atomic mass is 32.2. The van der Waals surface area contributed by atoms with Gasteiger partial charge in [-0.2, -0.15) is 0 Å². The highest BCUT2D eigenvalue weighted by Gasteiger charge is 2.28. The topological polar surface area (TPSA) is 98.2 Å². The highest BCUT2D eigenvalue weighted by molar-refractivity contribution is 7.89. The molecule has 2 atom stereocenters. The van der Waals surface area contributed by atoms with Gasteiger partial charge in [0.15, 0.2) is 5.89 Å². The maximum absolute atomic E-state index is 12.6. The summed E-state index contributed by atoms with van der Waals surface area (Å²) in [5, 5.41) is 0. The molecule has 6 nitrogen and oxygen atoms in total. The Morgan fingerprint density at radius 1 is 1.25 bits per heavy atom. The number of benzene rings is 1. The van der Waals surface area contributed by atoms with Crippen molar-refractivity contribution in [3.8, 4) is 11.3 Å². The van der Waals surface area contributed by atoms with Crippen LogP contribution in [-0.4, -0.2) is 26.0 Å². The Balaban J connectivity index is 1.77. The van der Waals surface area contributed by atoms with E-state index in [2.05, 4.69) is 9.71 Å². The van der Waals surface area contributed by atoms with Crippen molar-refractivity contribution in [1.82, 2.24) is 9.71 Å². The van der Waals surface area contributed by atoms with Crippen molar-refractivity contribution >= 4 is 10.0 Å². The standard InChI is InChI=1S/C17H23N3O3S/c1-12-19-17(11-23-12)13-6-8-15(9-7-13)24(21,22)20-16-5-3-2-4-14(16)10-18/h6-9,11,14,16,20H,2-5,10,18H2,1H3. The minimum Gasteiger partial charge on any atom is -0.449 e. The maximum Gasteiger partial charge on any atom is 0.240 e. The predicted molar refractivity (Wildman–Crippen MR) is 91.8 cm³/mol. The first kappa shape index (κ1) is 17.1. The fourth-order valence-electron chi connectivity index (χ4n) is 3.21. The Morgan fingerprint density at radius 2 is 1.96 bits per heavy atom. The van der Waals surface area contributed by atoms with Gasteiger partial charge in [-0.15, -0.1) is 0 Å². The van der Waals surface area contributed by atoms with Crippen LogP contribution in [0.5, 0.6) is 0 Å². The lowest BCUT2D eigenvalue weighted by Gasteiger charge is -2.31. The van der Waals surface area contributed by atoms with E-state index in [1.807, 2.05) is 0 Å². The molecule has 0 bridgehead atoms. The Bertz CT molecular complexity index is 784. The molecule has 1 fully saturated rings. The van der Waals surface area contributed by atoms with Gasteiger partial charge in [0.2, 0.25) is 10.0 Å². The Morgan fingerprint density at radius 3 is 2.58 bits per heavy atom. The van der Waals surface area contributed by atoms with Gasteiger partial charge in [-0.3, -0.25) is 0 Å². The predicted octanol–water partition coefficient (Wildman–Crippen LogP) is 2.45. The summed E-state index contributed by atoms with van der Waals surface area (Å²) in [6, 6.07) is 6.61. The molecular formula is C17H23N3O3S. The Kier molecular flexibility index (Phi) is 5.03. The summed E-state index contributed by atoms with van der Waals surface area (Å²) in [6.07, 6.45) is 5.54. The average Bonchev–Trinajstić information content (AvgIpc) is 3.02. The summed E-state index contributed by atoms with van der Waals surface area (Å²) in [5.41, 5.74) is 7.30. The smallest absolute Gasteiger partial charge is 0.240 e. The van der Waals surface area contributed by atoms with E-state index in [0.29, 0.717) is 18.1 Å². The molecule has 1 aromatic carbocycles. The van der Waals surface area contributed by atoms with E-state index in [-0.39, 0.29) is 16.9 Å². The minimum atomic E-state index is -3.55. The zero-order valence-electron chi connectivity index (χ0n) is 13.7. The molecule has 7 heteroatoms. The summed E-state index contributed by atoms with van der Waals surface area (Å²) >= 11 is 0. The van der Waals surface area contributed by atoms with Gasteiger partial charge in [-0.05, 0) is 37.4 Å². The first-order valence-electron chi connectivity index (χ1n) is 8.24. The number of sulfonamides is 1. The van der Waals surface area contributed by atoms with Gasteiger partial charge in [0, 0.05) is 18.5 Å². The lowest BCUT2D eigenvalue weighted by molar-refractivity contribution is 0.296. The van der Waals surface area contributed by atoms with E-state index < -0.39 is 10.0 Å². The van der Waals surface area contributed by atoms with Crippen LogP contribution in [0.4, 0.5) is 0 Å². The van der Waals surface area contributed by atoms with Crippen LogP contribution in [0.2, 0.25) is 0 Å². The molecule has 2 aromatic rings. The molecule has 1 aliphatic rings. The van der Waals surface area contributed by atoms with E-state index in [9.17, 15) is 8.42 Å².